The van der Waals surface area contributed by atoms with Crippen LogP contribution in [0.4, 0.5) is 0 Å². The number of rotatable bonds is 4. The third-order valence-electron chi connectivity index (χ3n) is 4.14. The number of carboxylic acid groups (broad SMARTS) is 1. The van der Waals surface area contributed by atoms with Crippen LogP contribution in [0.25, 0.3) is 11.5 Å². The lowest BCUT2D eigenvalue weighted by Crippen LogP contribution is -2.33. The molecule has 0 unspecified atom stereocenters. The number of nitrogens with zero attached hydrogens (tertiary/aromatic N) is 1. The van der Waals surface area contributed by atoms with Crippen LogP contribution in [-0.4, -0.2) is 28.0 Å². The van der Waals surface area contributed by atoms with Gasteiger partial charge < -0.3 is 14.8 Å². The van der Waals surface area contributed by atoms with Crippen molar-refractivity contribution < 1.29 is 19.1 Å². The van der Waals surface area contributed by atoms with E-state index >= 15 is 0 Å². The zero-order chi connectivity index (χ0) is 16.4. The van der Waals surface area contributed by atoms with Gasteiger partial charge in [-0.2, -0.15) is 0 Å². The topological polar surface area (TPSA) is 92.4 Å². The molecule has 0 aliphatic heterocycles. The largest absolute Gasteiger partial charge is 0.481 e. The van der Waals surface area contributed by atoms with Crippen LogP contribution < -0.4 is 5.32 Å². The van der Waals surface area contributed by atoms with Crippen LogP contribution >= 0.6 is 0 Å². The summed E-state index contributed by atoms with van der Waals surface area (Å²) in [5, 5.41) is 11.9. The highest BCUT2D eigenvalue weighted by Gasteiger charge is 2.31. The van der Waals surface area contributed by atoms with Crippen molar-refractivity contribution in [3.05, 3.63) is 41.8 Å². The first-order valence-electron chi connectivity index (χ1n) is 7.61. The van der Waals surface area contributed by atoms with Crippen LogP contribution in [0.1, 0.15) is 35.5 Å². The number of oxazole rings is 1. The minimum atomic E-state index is -0.802. The van der Waals surface area contributed by atoms with Gasteiger partial charge >= 0.3 is 5.97 Å². The van der Waals surface area contributed by atoms with Crippen LogP contribution in [0.3, 0.4) is 0 Å². The molecule has 1 aromatic heterocycles. The van der Waals surface area contributed by atoms with Gasteiger partial charge in [-0.05, 0) is 38.3 Å². The summed E-state index contributed by atoms with van der Waals surface area (Å²) in [4.78, 5) is 27.6. The monoisotopic (exact) mass is 314 g/mol. The molecule has 1 fully saturated rings. The molecule has 2 N–H and O–H groups in total. The first kappa shape index (κ1) is 15.3. The van der Waals surface area contributed by atoms with E-state index in [-0.39, 0.29) is 23.6 Å². The number of aromatic nitrogens is 1. The van der Waals surface area contributed by atoms with Gasteiger partial charge in [0.2, 0.25) is 11.7 Å². The van der Waals surface area contributed by atoms with Gasteiger partial charge in [-0.25, -0.2) is 4.98 Å². The summed E-state index contributed by atoms with van der Waals surface area (Å²) < 4.78 is 5.61. The molecule has 0 radical (unpaired) electrons. The van der Waals surface area contributed by atoms with Gasteiger partial charge in [0.25, 0.3) is 5.91 Å². The van der Waals surface area contributed by atoms with Gasteiger partial charge in [-0.1, -0.05) is 18.2 Å². The Kier molecular flexibility index (Phi) is 4.14. The van der Waals surface area contributed by atoms with Crippen LogP contribution in [0.15, 0.2) is 34.7 Å². The molecule has 6 nitrogen and oxygen atoms in total. The molecule has 23 heavy (non-hydrogen) atoms. The number of aryl methyl sites for hydroxylation is 1. The van der Waals surface area contributed by atoms with Gasteiger partial charge in [-0.3, -0.25) is 9.59 Å². The first-order valence-corrected chi connectivity index (χ1v) is 7.61. The van der Waals surface area contributed by atoms with E-state index in [2.05, 4.69) is 10.3 Å². The summed E-state index contributed by atoms with van der Waals surface area (Å²) in [5.74, 6) is -0.932. The molecule has 1 aliphatic carbocycles. The summed E-state index contributed by atoms with van der Waals surface area (Å²) in [6.07, 6.45) is 1.71. The zero-order valence-corrected chi connectivity index (χ0v) is 12.8. The second-order valence-electron chi connectivity index (χ2n) is 5.82. The molecule has 0 saturated heterocycles. The fourth-order valence-electron chi connectivity index (χ4n) is 2.90. The second-order valence-corrected chi connectivity index (χ2v) is 5.82. The first-order chi connectivity index (χ1) is 11.0. The number of carboxylic acids is 1. The zero-order valence-electron chi connectivity index (χ0n) is 12.8. The molecule has 1 heterocycles. The average molecular weight is 314 g/mol. The lowest BCUT2D eigenvalue weighted by atomic mass is 10.1. The molecule has 0 bridgehead atoms. The van der Waals surface area contributed by atoms with Crippen LogP contribution in [0.5, 0.6) is 0 Å². The van der Waals surface area contributed by atoms with Gasteiger partial charge in [0.15, 0.2) is 0 Å². The Labute approximate surface area is 133 Å². The highest BCUT2D eigenvalue weighted by atomic mass is 16.4. The van der Waals surface area contributed by atoms with Crippen molar-refractivity contribution in [1.82, 2.24) is 10.3 Å². The lowest BCUT2D eigenvalue weighted by molar-refractivity contribution is -0.141. The van der Waals surface area contributed by atoms with Gasteiger partial charge in [0.1, 0.15) is 0 Å². The Morgan fingerprint density at radius 2 is 2.00 bits per heavy atom. The van der Waals surface area contributed by atoms with Crippen molar-refractivity contribution in [3.8, 4) is 11.5 Å². The minimum Gasteiger partial charge on any atom is -0.481 e. The van der Waals surface area contributed by atoms with Crippen LogP contribution in [-0.2, 0) is 4.79 Å². The molecule has 1 saturated carbocycles. The summed E-state index contributed by atoms with van der Waals surface area (Å²) in [5.41, 5.74) is 1.33. The fourth-order valence-corrected chi connectivity index (χ4v) is 2.90. The maximum atomic E-state index is 12.4. The van der Waals surface area contributed by atoms with E-state index in [0.717, 1.165) is 5.56 Å². The van der Waals surface area contributed by atoms with Gasteiger partial charge in [-0.15, -0.1) is 0 Å². The number of hydrogen-bond donors (Lipinski definition) is 2. The standard InChI is InChI=1S/C17H18N2O4/c1-10-14(23-16(18-10)11-5-3-2-4-6-11)15(20)19-13-8-7-12(9-13)17(21)22/h2-6,12-13H,7-9H2,1H3,(H,19,20)(H,21,22)/t12-,13+/m1/s1. The molecule has 6 heteroatoms. The molecule has 120 valence electrons. The van der Waals surface area contributed by atoms with Crippen molar-refractivity contribution in [3.63, 3.8) is 0 Å². The van der Waals surface area contributed by atoms with Crippen molar-refractivity contribution in [2.24, 2.45) is 5.92 Å². The highest BCUT2D eigenvalue weighted by Crippen LogP contribution is 2.27. The van der Waals surface area contributed by atoms with E-state index < -0.39 is 5.97 Å². The Hall–Kier alpha value is -2.63. The minimum absolute atomic E-state index is 0.131. The van der Waals surface area contributed by atoms with Crippen molar-refractivity contribution in [2.45, 2.75) is 32.2 Å². The Bertz CT molecular complexity index is 723. The smallest absolute Gasteiger partial charge is 0.306 e. The number of hydrogen-bond acceptors (Lipinski definition) is 4. The normalized spacial score (nSPS) is 20.4. The molecule has 2 aromatic rings. The predicted molar refractivity (Wildman–Crippen MR) is 82.9 cm³/mol. The van der Waals surface area contributed by atoms with E-state index in [1.165, 1.54) is 0 Å². The maximum Gasteiger partial charge on any atom is 0.306 e. The SMILES string of the molecule is Cc1nc(-c2ccccc2)oc1C(=O)N[C@H]1CC[C@@H](C(=O)O)C1. The third kappa shape index (κ3) is 3.26. The summed E-state index contributed by atoms with van der Waals surface area (Å²) >= 11 is 0. The summed E-state index contributed by atoms with van der Waals surface area (Å²) in [6.45, 7) is 1.72. The number of aliphatic carboxylic acids is 1. The third-order valence-corrected chi connectivity index (χ3v) is 4.14. The Balaban J connectivity index is 1.71. The molecule has 1 amide bonds. The van der Waals surface area contributed by atoms with Crippen LogP contribution in [0.2, 0.25) is 0 Å². The second kappa shape index (κ2) is 6.24. The van der Waals surface area contributed by atoms with Crippen LogP contribution in [0, 0.1) is 12.8 Å². The molecular formula is C17H18N2O4. The van der Waals surface area contributed by atoms with Crippen molar-refractivity contribution >= 4 is 11.9 Å². The molecular weight excluding hydrogens is 296 g/mol. The molecule has 1 aliphatic rings. The van der Waals surface area contributed by atoms with Gasteiger partial charge in [0, 0.05) is 11.6 Å². The molecule has 2 atom stereocenters. The van der Waals surface area contributed by atoms with Crippen molar-refractivity contribution in [1.29, 1.82) is 0 Å². The maximum absolute atomic E-state index is 12.4. The number of carbonyl (C=O) groups is 2. The number of benzene rings is 1. The fraction of sp³-hybridized carbons (Fsp3) is 0.353. The molecule has 1 aromatic carbocycles. The Morgan fingerprint density at radius 1 is 1.26 bits per heavy atom. The predicted octanol–water partition coefficient (Wildman–Crippen LogP) is 2.63. The molecule has 0 spiro atoms. The average Bonchev–Trinajstić information content (AvgIpc) is 3.15. The quantitative estimate of drug-likeness (QED) is 0.905. The number of carbonyl (C=O) groups excluding carboxylic acids is 1. The van der Waals surface area contributed by atoms with E-state index in [4.69, 9.17) is 9.52 Å². The number of nitrogens with one attached hydrogen (secondary N) is 1. The summed E-state index contributed by atoms with van der Waals surface area (Å²) in [7, 11) is 0. The van der Waals surface area contributed by atoms with Gasteiger partial charge in [0.05, 0.1) is 11.6 Å². The van der Waals surface area contributed by atoms with Crippen molar-refractivity contribution in [2.75, 3.05) is 0 Å². The highest BCUT2D eigenvalue weighted by molar-refractivity contribution is 5.93. The van der Waals surface area contributed by atoms with E-state index in [0.29, 0.717) is 30.8 Å². The van der Waals surface area contributed by atoms with E-state index in [9.17, 15) is 9.59 Å². The number of amides is 1. The van der Waals surface area contributed by atoms with E-state index in [1.807, 2.05) is 30.3 Å². The Morgan fingerprint density at radius 3 is 2.65 bits per heavy atom. The summed E-state index contributed by atoms with van der Waals surface area (Å²) in [6, 6.07) is 9.24. The molecule has 3 rings (SSSR count). The van der Waals surface area contributed by atoms with E-state index in [1.54, 1.807) is 6.92 Å². The lowest BCUT2D eigenvalue weighted by Gasteiger charge is -2.11.